The number of carboxylic acid groups (broad SMARTS) is 1. The van der Waals surface area contributed by atoms with Gasteiger partial charge in [-0.2, -0.15) is 0 Å². The standard InChI is InChI=1S/C19H22N2O2/c22-19(23)17-8-6-15(7-9-17)12-20-13-16-10-11-21(14-16)18-4-2-1-3-5-18/h1-9,16,20H,10-14H2,(H,22,23). The fraction of sp³-hybridized carbons (Fsp3) is 0.316. The molecule has 4 heteroatoms. The van der Waals surface area contributed by atoms with E-state index in [-0.39, 0.29) is 0 Å². The number of benzene rings is 2. The summed E-state index contributed by atoms with van der Waals surface area (Å²) in [6, 6.07) is 17.6. The van der Waals surface area contributed by atoms with Crippen LogP contribution >= 0.6 is 0 Å². The molecular weight excluding hydrogens is 288 g/mol. The Hall–Kier alpha value is -2.33. The van der Waals surface area contributed by atoms with Gasteiger partial charge in [-0.05, 0) is 42.2 Å². The highest BCUT2D eigenvalue weighted by atomic mass is 16.4. The van der Waals surface area contributed by atoms with E-state index < -0.39 is 5.97 Å². The van der Waals surface area contributed by atoms with Crippen molar-refractivity contribution >= 4 is 11.7 Å². The predicted molar refractivity (Wildman–Crippen MR) is 91.9 cm³/mol. The second-order valence-corrected chi connectivity index (χ2v) is 6.07. The maximum absolute atomic E-state index is 10.8. The van der Waals surface area contributed by atoms with Gasteiger partial charge in [-0.3, -0.25) is 0 Å². The lowest BCUT2D eigenvalue weighted by atomic mass is 10.1. The van der Waals surface area contributed by atoms with Crippen molar-refractivity contribution in [2.45, 2.75) is 13.0 Å². The minimum atomic E-state index is -0.878. The minimum Gasteiger partial charge on any atom is -0.478 e. The van der Waals surface area contributed by atoms with Crippen LogP contribution in [-0.2, 0) is 6.54 Å². The van der Waals surface area contributed by atoms with Crippen molar-refractivity contribution < 1.29 is 9.90 Å². The molecule has 1 aliphatic heterocycles. The third kappa shape index (κ3) is 4.11. The van der Waals surface area contributed by atoms with E-state index >= 15 is 0 Å². The molecule has 120 valence electrons. The van der Waals surface area contributed by atoms with Crippen LogP contribution in [0.2, 0.25) is 0 Å². The summed E-state index contributed by atoms with van der Waals surface area (Å²) >= 11 is 0. The maximum atomic E-state index is 10.8. The molecule has 1 unspecified atom stereocenters. The van der Waals surface area contributed by atoms with Gasteiger partial charge in [0.05, 0.1) is 5.56 Å². The molecule has 0 amide bonds. The number of anilines is 1. The minimum absolute atomic E-state index is 0.336. The first-order chi connectivity index (χ1) is 11.2. The van der Waals surface area contributed by atoms with Crippen LogP contribution in [0.15, 0.2) is 54.6 Å². The van der Waals surface area contributed by atoms with Gasteiger partial charge in [-0.15, -0.1) is 0 Å². The number of hydrogen-bond acceptors (Lipinski definition) is 3. The zero-order valence-corrected chi connectivity index (χ0v) is 13.1. The number of para-hydroxylation sites is 1. The molecule has 0 spiro atoms. The van der Waals surface area contributed by atoms with Crippen molar-refractivity contribution in [2.75, 3.05) is 24.5 Å². The van der Waals surface area contributed by atoms with Gasteiger partial charge in [0.25, 0.3) is 0 Å². The monoisotopic (exact) mass is 310 g/mol. The summed E-state index contributed by atoms with van der Waals surface area (Å²) < 4.78 is 0. The molecule has 0 saturated carbocycles. The van der Waals surface area contributed by atoms with Crippen LogP contribution < -0.4 is 10.2 Å². The second-order valence-electron chi connectivity index (χ2n) is 6.07. The van der Waals surface area contributed by atoms with Crippen LogP contribution in [-0.4, -0.2) is 30.7 Å². The van der Waals surface area contributed by atoms with Gasteiger partial charge in [0, 0.05) is 31.9 Å². The third-order valence-electron chi connectivity index (χ3n) is 4.37. The Morgan fingerprint density at radius 2 is 1.87 bits per heavy atom. The number of hydrogen-bond donors (Lipinski definition) is 2. The lowest BCUT2D eigenvalue weighted by Gasteiger charge is -2.18. The second kappa shape index (κ2) is 7.29. The van der Waals surface area contributed by atoms with E-state index in [9.17, 15) is 4.79 Å². The number of nitrogens with one attached hydrogen (secondary N) is 1. The zero-order valence-electron chi connectivity index (χ0n) is 13.1. The van der Waals surface area contributed by atoms with Gasteiger partial charge in [0.1, 0.15) is 0 Å². The number of carbonyl (C=O) groups is 1. The molecule has 3 rings (SSSR count). The number of carboxylic acids is 1. The Morgan fingerprint density at radius 3 is 2.57 bits per heavy atom. The first kappa shape index (κ1) is 15.6. The van der Waals surface area contributed by atoms with E-state index in [1.165, 1.54) is 12.1 Å². The molecule has 4 nitrogen and oxygen atoms in total. The van der Waals surface area contributed by atoms with Gasteiger partial charge in [-0.25, -0.2) is 4.79 Å². The van der Waals surface area contributed by atoms with Crippen LogP contribution in [0.4, 0.5) is 5.69 Å². The molecule has 1 aliphatic rings. The van der Waals surface area contributed by atoms with Gasteiger partial charge < -0.3 is 15.3 Å². The van der Waals surface area contributed by atoms with Crippen molar-refractivity contribution in [2.24, 2.45) is 5.92 Å². The summed E-state index contributed by atoms with van der Waals surface area (Å²) in [6.07, 6.45) is 1.21. The van der Waals surface area contributed by atoms with Crippen LogP contribution in [0.25, 0.3) is 0 Å². The Balaban J connectivity index is 1.44. The summed E-state index contributed by atoms with van der Waals surface area (Å²) in [7, 11) is 0. The highest BCUT2D eigenvalue weighted by Gasteiger charge is 2.22. The Kier molecular flexibility index (Phi) is 4.93. The van der Waals surface area contributed by atoms with Crippen LogP contribution in [0.5, 0.6) is 0 Å². The van der Waals surface area contributed by atoms with Gasteiger partial charge in [-0.1, -0.05) is 30.3 Å². The Labute approximate surface area is 136 Å². The van der Waals surface area contributed by atoms with Crippen LogP contribution in [0.1, 0.15) is 22.3 Å². The van der Waals surface area contributed by atoms with Gasteiger partial charge >= 0.3 is 5.97 Å². The molecule has 0 radical (unpaired) electrons. The molecule has 1 fully saturated rings. The smallest absolute Gasteiger partial charge is 0.335 e. The molecule has 2 aromatic rings. The molecule has 0 bridgehead atoms. The Morgan fingerprint density at radius 1 is 1.13 bits per heavy atom. The summed E-state index contributed by atoms with van der Waals surface area (Å²) in [5.74, 6) is -0.218. The normalized spacial score (nSPS) is 17.4. The van der Waals surface area contributed by atoms with Crippen molar-refractivity contribution in [3.8, 4) is 0 Å². The summed E-state index contributed by atoms with van der Waals surface area (Å²) in [4.78, 5) is 13.3. The fourth-order valence-electron chi connectivity index (χ4n) is 3.06. The fourth-order valence-corrected chi connectivity index (χ4v) is 3.06. The molecule has 2 N–H and O–H groups in total. The SMILES string of the molecule is O=C(O)c1ccc(CNCC2CCN(c3ccccc3)C2)cc1. The first-order valence-corrected chi connectivity index (χ1v) is 8.05. The third-order valence-corrected chi connectivity index (χ3v) is 4.37. The van der Waals surface area contributed by atoms with E-state index in [1.807, 2.05) is 18.2 Å². The van der Waals surface area contributed by atoms with Gasteiger partial charge in [0.15, 0.2) is 0 Å². The first-order valence-electron chi connectivity index (χ1n) is 8.05. The van der Waals surface area contributed by atoms with Crippen molar-refractivity contribution in [1.82, 2.24) is 5.32 Å². The molecule has 1 saturated heterocycles. The lowest BCUT2D eigenvalue weighted by Crippen LogP contribution is -2.26. The molecule has 2 aromatic carbocycles. The average molecular weight is 310 g/mol. The van der Waals surface area contributed by atoms with Crippen molar-refractivity contribution in [3.63, 3.8) is 0 Å². The van der Waals surface area contributed by atoms with E-state index in [0.29, 0.717) is 11.5 Å². The Bertz CT molecular complexity index is 640. The van der Waals surface area contributed by atoms with E-state index in [4.69, 9.17) is 5.11 Å². The maximum Gasteiger partial charge on any atom is 0.335 e. The van der Waals surface area contributed by atoms with E-state index in [1.54, 1.807) is 12.1 Å². The molecule has 0 aliphatic carbocycles. The van der Waals surface area contributed by atoms with Crippen LogP contribution in [0.3, 0.4) is 0 Å². The van der Waals surface area contributed by atoms with Gasteiger partial charge in [0.2, 0.25) is 0 Å². The highest BCUT2D eigenvalue weighted by molar-refractivity contribution is 5.87. The van der Waals surface area contributed by atoms with Crippen molar-refractivity contribution in [3.05, 3.63) is 65.7 Å². The zero-order chi connectivity index (χ0) is 16.1. The molecule has 23 heavy (non-hydrogen) atoms. The van der Waals surface area contributed by atoms with E-state index in [2.05, 4.69) is 34.5 Å². The summed E-state index contributed by atoms with van der Waals surface area (Å²) in [5, 5.41) is 12.4. The molecule has 0 aromatic heterocycles. The topological polar surface area (TPSA) is 52.6 Å². The van der Waals surface area contributed by atoms with Crippen LogP contribution in [0, 0.1) is 5.92 Å². The predicted octanol–water partition coefficient (Wildman–Crippen LogP) is 3.00. The largest absolute Gasteiger partial charge is 0.478 e. The summed E-state index contributed by atoms with van der Waals surface area (Å²) in [5.41, 5.74) is 2.76. The number of nitrogens with zero attached hydrogens (tertiary/aromatic N) is 1. The van der Waals surface area contributed by atoms with Crippen molar-refractivity contribution in [1.29, 1.82) is 0 Å². The quantitative estimate of drug-likeness (QED) is 0.861. The van der Waals surface area contributed by atoms with E-state index in [0.717, 1.165) is 31.7 Å². The lowest BCUT2D eigenvalue weighted by molar-refractivity contribution is 0.0697. The molecule has 1 atom stereocenters. The number of rotatable bonds is 6. The summed E-state index contributed by atoms with van der Waals surface area (Å²) in [6.45, 7) is 3.98. The number of aromatic carboxylic acids is 1. The average Bonchev–Trinajstić information content (AvgIpc) is 3.05. The molecule has 1 heterocycles. The highest BCUT2D eigenvalue weighted by Crippen LogP contribution is 2.23. The molecular formula is C19H22N2O2.